The molecule has 2 atom stereocenters. The molecule has 0 saturated heterocycles. The number of aliphatic hydroxyl groups is 1. The molecule has 1 saturated carbocycles. The average Bonchev–Trinajstić information content (AvgIpc) is 3.70. The van der Waals surface area contributed by atoms with Crippen molar-refractivity contribution in [1.82, 2.24) is 19.7 Å². The van der Waals surface area contributed by atoms with Gasteiger partial charge in [0, 0.05) is 20.7 Å². The lowest BCUT2D eigenvalue weighted by molar-refractivity contribution is 0.149. The van der Waals surface area contributed by atoms with Gasteiger partial charge in [0.15, 0.2) is 5.82 Å². The fraction of sp³-hybridized carbons (Fsp3) is 0.519. The lowest BCUT2D eigenvalue weighted by Crippen LogP contribution is -2.46. The van der Waals surface area contributed by atoms with Gasteiger partial charge in [0.2, 0.25) is 21.9 Å². The number of anilines is 1. The summed E-state index contributed by atoms with van der Waals surface area (Å²) >= 11 is 0. The molecule has 11 nitrogen and oxygen atoms in total. The summed E-state index contributed by atoms with van der Waals surface area (Å²) in [4.78, 5) is 4.55. The second-order valence-corrected chi connectivity index (χ2v) is 19.0. The number of aliphatic hydroxyl groups excluding tert-OH is 1. The van der Waals surface area contributed by atoms with Crippen molar-refractivity contribution in [3.8, 4) is 34.6 Å². The largest absolute Gasteiger partial charge is 0.494 e. The summed E-state index contributed by atoms with van der Waals surface area (Å²) < 4.78 is 48.2. The van der Waals surface area contributed by atoms with Crippen LogP contribution < -0.4 is 18.5 Å². The number of hydrogen-bond donors (Lipinski definition) is 1. The molecule has 13 heteroatoms. The molecule has 1 aromatic carbocycles. The standard InChI is InChI=1S/C27H39N5O6SSi/c1-18(25(33)19-14-15-19)39(34,35)31(16-17-40(5,6)7)27-30-29-26(20-10-8-13-23(28-20)38-4)32(27)24-21(36-2)11-9-12-22(24)37-3/h8-13,18-19,25,33H,14-17H2,1-7H3/t18-,25+/m1/s1. The molecule has 40 heavy (non-hydrogen) atoms. The summed E-state index contributed by atoms with van der Waals surface area (Å²) in [6.45, 7) is 8.29. The Kier molecular flexibility index (Phi) is 8.76. The molecule has 218 valence electrons. The van der Waals surface area contributed by atoms with Gasteiger partial charge in [-0.1, -0.05) is 31.8 Å². The lowest BCUT2D eigenvalue weighted by Gasteiger charge is -2.31. The first-order valence-electron chi connectivity index (χ1n) is 13.3. The molecule has 2 aromatic heterocycles. The predicted molar refractivity (Wildman–Crippen MR) is 157 cm³/mol. The molecule has 1 fully saturated rings. The fourth-order valence-corrected chi connectivity index (χ4v) is 7.21. The van der Waals surface area contributed by atoms with Crippen LogP contribution >= 0.6 is 0 Å². The number of rotatable bonds is 13. The minimum atomic E-state index is -4.08. The van der Waals surface area contributed by atoms with Gasteiger partial charge in [-0.2, -0.15) is 0 Å². The molecular formula is C27H39N5O6SSi. The van der Waals surface area contributed by atoms with Crippen LogP contribution in [0.4, 0.5) is 5.95 Å². The molecule has 4 rings (SSSR count). The summed E-state index contributed by atoms with van der Waals surface area (Å²) in [6.07, 6.45) is 0.655. The van der Waals surface area contributed by atoms with E-state index in [4.69, 9.17) is 14.2 Å². The molecule has 1 aliphatic carbocycles. The van der Waals surface area contributed by atoms with Crippen molar-refractivity contribution >= 4 is 24.0 Å². The van der Waals surface area contributed by atoms with E-state index in [2.05, 4.69) is 34.8 Å². The van der Waals surface area contributed by atoms with Crippen LogP contribution in [0.25, 0.3) is 17.2 Å². The molecule has 2 heterocycles. The van der Waals surface area contributed by atoms with Gasteiger partial charge >= 0.3 is 0 Å². The number of pyridine rings is 1. The van der Waals surface area contributed by atoms with E-state index in [1.807, 2.05) is 0 Å². The molecule has 3 aromatic rings. The van der Waals surface area contributed by atoms with Gasteiger partial charge < -0.3 is 19.3 Å². The van der Waals surface area contributed by atoms with E-state index in [0.29, 0.717) is 34.8 Å². The summed E-state index contributed by atoms with van der Waals surface area (Å²) in [5.41, 5.74) is 0.843. The highest BCUT2D eigenvalue weighted by Crippen LogP contribution is 2.41. The van der Waals surface area contributed by atoms with Crippen LogP contribution in [0, 0.1) is 5.92 Å². The van der Waals surface area contributed by atoms with Crippen LogP contribution in [-0.4, -0.2) is 80.6 Å². The highest BCUT2D eigenvalue weighted by Gasteiger charge is 2.43. The van der Waals surface area contributed by atoms with Crippen molar-refractivity contribution in [3.05, 3.63) is 36.4 Å². The van der Waals surface area contributed by atoms with Gasteiger partial charge in [0.25, 0.3) is 0 Å². The maximum Gasteiger partial charge on any atom is 0.246 e. The van der Waals surface area contributed by atoms with Crippen LogP contribution in [0.2, 0.25) is 25.7 Å². The lowest BCUT2D eigenvalue weighted by atomic mass is 10.2. The average molecular weight is 590 g/mol. The molecular weight excluding hydrogens is 550 g/mol. The zero-order chi connectivity index (χ0) is 29.2. The third-order valence-electron chi connectivity index (χ3n) is 7.08. The van der Waals surface area contributed by atoms with Crippen molar-refractivity contribution < 1.29 is 27.7 Å². The minimum absolute atomic E-state index is 0.0210. The SMILES string of the molecule is COc1cccc(-c2nnc(N(CC[Si](C)(C)C)S(=O)(=O)[C@H](C)[C@H](O)C3CC3)n2-c2c(OC)cccc2OC)n1. The van der Waals surface area contributed by atoms with Gasteiger partial charge in [0.05, 0.1) is 27.4 Å². The maximum atomic E-state index is 14.3. The minimum Gasteiger partial charge on any atom is -0.494 e. The number of para-hydroxylation sites is 1. The number of aromatic nitrogens is 4. The molecule has 0 radical (unpaired) electrons. The predicted octanol–water partition coefficient (Wildman–Crippen LogP) is 3.99. The van der Waals surface area contributed by atoms with Crippen molar-refractivity contribution in [2.24, 2.45) is 5.92 Å². The second kappa shape index (κ2) is 11.8. The number of methoxy groups -OCH3 is 3. The molecule has 0 unspecified atom stereocenters. The Morgan fingerprint density at radius 3 is 2.20 bits per heavy atom. The smallest absolute Gasteiger partial charge is 0.246 e. The zero-order valence-corrected chi connectivity index (χ0v) is 26.0. The Balaban J connectivity index is 2.00. The van der Waals surface area contributed by atoms with Crippen LogP contribution in [-0.2, 0) is 10.0 Å². The summed E-state index contributed by atoms with van der Waals surface area (Å²) in [6, 6.07) is 11.2. The summed E-state index contributed by atoms with van der Waals surface area (Å²) in [5, 5.41) is 18.8. The quantitative estimate of drug-likeness (QED) is 0.294. The zero-order valence-electron chi connectivity index (χ0n) is 24.2. The molecule has 1 N–H and O–H groups in total. The van der Waals surface area contributed by atoms with Crippen molar-refractivity contribution in [1.29, 1.82) is 0 Å². The fourth-order valence-electron chi connectivity index (χ4n) is 4.49. The van der Waals surface area contributed by atoms with E-state index in [0.717, 1.165) is 12.8 Å². The number of benzene rings is 1. The van der Waals surface area contributed by atoms with Crippen LogP contribution in [0.3, 0.4) is 0 Å². The van der Waals surface area contributed by atoms with Gasteiger partial charge in [-0.15, -0.1) is 10.2 Å². The van der Waals surface area contributed by atoms with E-state index >= 15 is 0 Å². The Hall–Kier alpha value is -3.16. The van der Waals surface area contributed by atoms with E-state index in [1.54, 1.807) is 47.9 Å². The first-order chi connectivity index (χ1) is 18.9. The van der Waals surface area contributed by atoms with Crippen LogP contribution in [0.15, 0.2) is 36.4 Å². The summed E-state index contributed by atoms with van der Waals surface area (Å²) in [7, 11) is -1.21. The third kappa shape index (κ3) is 6.10. The van der Waals surface area contributed by atoms with E-state index < -0.39 is 29.5 Å². The monoisotopic (exact) mass is 589 g/mol. The molecule has 0 spiro atoms. The number of ether oxygens (including phenoxy) is 3. The van der Waals surface area contributed by atoms with Crippen LogP contribution in [0.5, 0.6) is 17.4 Å². The number of sulfonamides is 1. The molecule has 1 aliphatic rings. The first-order valence-corrected chi connectivity index (χ1v) is 18.5. The second-order valence-electron chi connectivity index (χ2n) is 11.2. The number of hydrogen-bond acceptors (Lipinski definition) is 9. The van der Waals surface area contributed by atoms with Gasteiger partial charge in [-0.05, 0) is 49.9 Å². The van der Waals surface area contributed by atoms with Crippen molar-refractivity contribution in [2.75, 3.05) is 32.2 Å². The van der Waals surface area contributed by atoms with Gasteiger partial charge in [0.1, 0.15) is 28.1 Å². The normalized spacial score (nSPS) is 15.4. The van der Waals surface area contributed by atoms with Crippen LogP contribution in [0.1, 0.15) is 19.8 Å². The summed E-state index contributed by atoms with van der Waals surface area (Å²) in [5.74, 6) is 1.55. The van der Waals surface area contributed by atoms with Crippen molar-refractivity contribution in [2.45, 2.75) is 56.8 Å². The number of nitrogens with zero attached hydrogens (tertiary/aromatic N) is 5. The van der Waals surface area contributed by atoms with Gasteiger partial charge in [-0.3, -0.25) is 4.57 Å². The van der Waals surface area contributed by atoms with E-state index in [9.17, 15) is 13.5 Å². The third-order valence-corrected chi connectivity index (χ3v) is 11.0. The highest BCUT2D eigenvalue weighted by atomic mass is 32.2. The molecule has 0 amide bonds. The first kappa shape index (κ1) is 29.8. The molecule has 0 aliphatic heterocycles. The Labute approximate surface area is 237 Å². The van der Waals surface area contributed by atoms with E-state index in [1.165, 1.54) is 25.6 Å². The Bertz CT molecular complexity index is 1420. The Morgan fingerprint density at radius 1 is 1.02 bits per heavy atom. The Morgan fingerprint density at radius 2 is 1.65 bits per heavy atom. The van der Waals surface area contributed by atoms with Gasteiger partial charge in [-0.25, -0.2) is 17.7 Å². The highest BCUT2D eigenvalue weighted by molar-refractivity contribution is 7.93. The van der Waals surface area contributed by atoms with E-state index in [-0.39, 0.29) is 24.2 Å². The molecule has 0 bridgehead atoms. The maximum absolute atomic E-state index is 14.3. The van der Waals surface area contributed by atoms with Crippen molar-refractivity contribution in [3.63, 3.8) is 0 Å². The topological polar surface area (TPSA) is 129 Å².